The van der Waals surface area contributed by atoms with Crippen LogP contribution in [0.2, 0.25) is 5.02 Å². The van der Waals surface area contributed by atoms with Crippen molar-refractivity contribution in [1.82, 2.24) is 15.3 Å². The Morgan fingerprint density at radius 3 is 2.48 bits per heavy atom. The second kappa shape index (κ2) is 12.3. The van der Waals surface area contributed by atoms with E-state index in [4.69, 9.17) is 26.2 Å². The summed E-state index contributed by atoms with van der Waals surface area (Å²) in [5, 5.41) is 10.2. The molecule has 1 amide bonds. The van der Waals surface area contributed by atoms with Gasteiger partial charge >= 0.3 is 6.01 Å². The average Bonchev–Trinajstić information content (AvgIpc) is 2.76. The molecule has 0 bridgehead atoms. The Morgan fingerprint density at radius 2 is 1.87 bits per heavy atom. The van der Waals surface area contributed by atoms with Gasteiger partial charge in [0.1, 0.15) is 5.75 Å². The molecular weight excluding hydrogens is 418 g/mol. The molecule has 0 aliphatic heterocycles. The number of amides is 1. The van der Waals surface area contributed by atoms with E-state index in [1.54, 1.807) is 36.7 Å². The lowest BCUT2D eigenvalue weighted by atomic mass is 9.92. The van der Waals surface area contributed by atoms with Gasteiger partial charge in [-0.05, 0) is 42.7 Å². The molecule has 2 N–H and O–H groups in total. The van der Waals surface area contributed by atoms with E-state index in [1.807, 2.05) is 12.1 Å². The van der Waals surface area contributed by atoms with Crippen molar-refractivity contribution >= 4 is 24.0 Å². The van der Waals surface area contributed by atoms with E-state index in [0.29, 0.717) is 22.9 Å². The number of rotatable bonds is 7. The highest BCUT2D eigenvalue weighted by atomic mass is 35.5. The highest BCUT2D eigenvalue weighted by molar-refractivity contribution is 6.34. The third-order valence-electron chi connectivity index (χ3n) is 4.57. The monoisotopic (exact) mass is 441 g/mol. The molecule has 31 heavy (non-hydrogen) atoms. The molecule has 162 valence electrons. The predicted octanol–water partition coefficient (Wildman–Crippen LogP) is 4.86. The first kappa shape index (κ1) is 23.8. The Hall–Kier alpha value is -3.45. The molecule has 0 spiro atoms. The van der Waals surface area contributed by atoms with Crippen LogP contribution in [0.4, 0.5) is 0 Å². The summed E-state index contributed by atoms with van der Waals surface area (Å²) in [4.78, 5) is 29.0. The van der Waals surface area contributed by atoms with E-state index < -0.39 is 0 Å². The molecule has 3 aromatic rings. The molecule has 1 unspecified atom stereocenters. The number of nitrogens with zero attached hydrogens (tertiary/aromatic N) is 2. The first-order chi connectivity index (χ1) is 15.0. The lowest BCUT2D eigenvalue weighted by Crippen LogP contribution is -2.28. The van der Waals surface area contributed by atoms with E-state index in [-0.39, 0.29) is 24.3 Å². The number of aryl methyl sites for hydroxylation is 1. The summed E-state index contributed by atoms with van der Waals surface area (Å²) >= 11 is 6.30. The van der Waals surface area contributed by atoms with E-state index in [1.165, 1.54) is 11.1 Å². The van der Waals surface area contributed by atoms with Crippen molar-refractivity contribution in [3.8, 4) is 11.8 Å². The minimum absolute atomic E-state index is 0.209. The largest absolute Gasteiger partial charge is 0.483 e. The van der Waals surface area contributed by atoms with Gasteiger partial charge in [-0.25, -0.2) is 9.97 Å². The van der Waals surface area contributed by atoms with Gasteiger partial charge in [-0.2, -0.15) is 0 Å². The number of hydrogen-bond acceptors (Lipinski definition) is 5. The Kier molecular flexibility index (Phi) is 9.45. The molecule has 0 saturated heterocycles. The molecule has 0 aliphatic rings. The smallest absolute Gasteiger partial charge is 0.321 e. The van der Waals surface area contributed by atoms with Gasteiger partial charge in [-0.15, -0.1) is 0 Å². The van der Waals surface area contributed by atoms with Crippen LogP contribution in [0, 0.1) is 6.92 Å². The molecule has 8 heteroatoms. The van der Waals surface area contributed by atoms with Gasteiger partial charge in [0.25, 0.3) is 12.4 Å². The number of hydrogen-bond donors (Lipinski definition) is 2. The number of carboxylic acid groups (broad SMARTS) is 1. The molecule has 2 aromatic carbocycles. The van der Waals surface area contributed by atoms with Crippen molar-refractivity contribution < 1.29 is 19.4 Å². The number of benzene rings is 2. The molecular formula is C23H24ClN3O4. The second-order valence-electron chi connectivity index (χ2n) is 6.55. The summed E-state index contributed by atoms with van der Waals surface area (Å²) in [6, 6.07) is 15.1. The summed E-state index contributed by atoms with van der Waals surface area (Å²) in [6.07, 6.45) is 4.11. The summed E-state index contributed by atoms with van der Waals surface area (Å²) < 4.78 is 5.54. The fourth-order valence-corrected chi connectivity index (χ4v) is 3.27. The van der Waals surface area contributed by atoms with Gasteiger partial charge in [0.05, 0.1) is 10.6 Å². The predicted molar refractivity (Wildman–Crippen MR) is 119 cm³/mol. The summed E-state index contributed by atoms with van der Waals surface area (Å²) in [5.41, 5.74) is 2.89. The zero-order chi connectivity index (χ0) is 22.6. The Bertz CT molecular complexity index is 999. The van der Waals surface area contributed by atoms with Crippen LogP contribution in [-0.4, -0.2) is 34.0 Å². The zero-order valence-electron chi connectivity index (χ0n) is 17.3. The summed E-state index contributed by atoms with van der Waals surface area (Å²) in [5.74, 6) is 0.514. The van der Waals surface area contributed by atoms with Crippen LogP contribution in [0.5, 0.6) is 11.8 Å². The van der Waals surface area contributed by atoms with Crippen molar-refractivity contribution in [3.63, 3.8) is 0 Å². The van der Waals surface area contributed by atoms with Crippen LogP contribution >= 0.6 is 11.6 Å². The first-order valence-corrected chi connectivity index (χ1v) is 10.0. The maximum Gasteiger partial charge on any atom is 0.321 e. The van der Waals surface area contributed by atoms with E-state index >= 15 is 0 Å². The fourth-order valence-electron chi connectivity index (χ4n) is 3.02. The van der Waals surface area contributed by atoms with E-state index in [2.05, 4.69) is 41.3 Å². The normalized spacial score (nSPS) is 10.9. The van der Waals surface area contributed by atoms with Crippen molar-refractivity contribution in [2.24, 2.45) is 0 Å². The molecule has 1 heterocycles. The Morgan fingerprint density at radius 1 is 1.19 bits per heavy atom. The standard InChI is InChI=1S/C22H22ClN3O2.CH2O2/c1-3-16(18-8-5-4-7-15(18)2)14-26-21(27)19-10-9-17(13-20(19)23)28-22-24-11-6-12-25-22;2-1-3/h4-13,16H,3,14H2,1-2H3,(H,26,27);1H,(H,2,3). The molecule has 0 aliphatic carbocycles. The van der Waals surface area contributed by atoms with E-state index in [0.717, 1.165) is 6.42 Å². The number of carbonyl (C=O) groups excluding carboxylic acids is 1. The van der Waals surface area contributed by atoms with Crippen molar-refractivity contribution in [2.75, 3.05) is 6.54 Å². The minimum atomic E-state index is -0.250. The summed E-state index contributed by atoms with van der Waals surface area (Å²) in [6.45, 7) is 4.51. The fraction of sp³-hybridized carbons (Fsp3) is 0.217. The maximum absolute atomic E-state index is 12.6. The lowest BCUT2D eigenvalue weighted by Gasteiger charge is -2.18. The number of nitrogens with one attached hydrogen (secondary N) is 1. The first-order valence-electron chi connectivity index (χ1n) is 9.66. The van der Waals surface area contributed by atoms with Gasteiger partial charge in [0.2, 0.25) is 0 Å². The molecule has 0 saturated carbocycles. The van der Waals surface area contributed by atoms with E-state index in [9.17, 15) is 4.79 Å². The molecule has 1 aromatic heterocycles. The molecule has 0 fully saturated rings. The maximum atomic E-state index is 12.6. The SMILES string of the molecule is CCC(CNC(=O)c1ccc(Oc2ncccn2)cc1Cl)c1ccccc1C.O=CO. The summed E-state index contributed by atoms with van der Waals surface area (Å²) in [7, 11) is 0. The van der Waals surface area contributed by atoms with Gasteiger partial charge < -0.3 is 15.2 Å². The number of carbonyl (C=O) groups is 2. The van der Waals surface area contributed by atoms with Crippen LogP contribution in [0.25, 0.3) is 0 Å². The third kappa shape index (κ3) is 7.08. The van der Waals surface area contributed by atoms with Crippen LogP contribution in [0.1, 0.15) is 40.7 Å². The number of aromatic nitrogens is 2. The highest BCUT2D eigenvalue weighted by Crippen LogP contribution is 2.26. The molecule has 7 nitrogen and oxygen atoms in total. The Labute approximate surface area is 186 Å². The van der Waals surface area contributed by atoms with Crippen molar-refractivity contribution in [2.45, 2.75) is 26.2 Å². The number of ether oxygens (including phenoxy) is 1. The van der Waals surface area contributed by atoms with Crippen molar-refractivity contribution in [1.29, 1.82) is 0 Å². The third-order valence-corrected chi connectivity index (χ3v) is 4.88. The second-order valence-corrected chi connectivity index (χ2v) is 6.96. The van der Waals surface area contributed by atoms with Crippen LogP contribution in [0.15, 0.2) is 60.9 Å². The van der Waals surface area contributed by atoms with Crippen LogP contribution in [-0.2, 0) is 4.79 Å². The minimum Gasteiger partial charge on any atom is -0.483 e. The van der Waals surface area contributed by atoms with Crippen LogP contribution in [0.3, 0.4) is 0 Å². The van der Waals surface area contributed by atoms with Gasteiger partial charge in [-0.1, -0.05) is 42.8 Å². The average molecular weight is 442 g/mol. The van der Waals surface area contributed by atoms with Crippen LogP contribution < -0.4 is 10.1 Å². The Balaban J connectivity index is 0.00000107. The highest BCUT2D eigenvalue weighted by Gasteiger charge is 2.16. The quantitative estimate of drug-likeness (QED) is 0.508. The van der Waals surface area contributed by atoms with Crippen molar-refractivity contribution in [3.05, 3.63) is 82.6 Å². The number of halogens is 1. The van der Waals surface area contributed by atoms with Gasteiger partial charge in [0, 0.05) is 30.9 Å². The topological polar surface area (TPSA) is 101 Å². The molecule has 0 radical (unpaired) electrons. The van der Waals surface area contributed by atoms with Gasteiger partial charge in [-0.3, -0.25) is 9.59 Å². The molecule has 1 atom stereocenters. The zero-order valence-corrected chi connectivity index (χ0v) is 18.0. The lowest BCUT2D eigenvalue weighted by molar-refractivity contribution is -0.122. The van der Waals surface area contributed by atoms with Gasteiger partial charge in [0.15, 0.2) is 0 Å². The molecule has 3 rings (SSSR count).